The maximum absolute atomic E-state index is 12.6. The summed E-state index contributed by atoms with van der Waals surface area (Å²) in [5, 5.41) is 5.75. The smallest absolute Gasteiger partial charge is 0.409 e. The Morgan fingerprint density at radius 2 is 1.85 bits per heavy atom. The summed E-state index contributed by atoms with van der Waals surface area (Å²) in [6.07, 6.45) is 1.29. The number of carbonyl (C=O) groups excluding carboxylic acids is 3. The average Bonchev–Trinajstić information content (AvgIpc) is 2.64. The summed E-state index contributed by atoms with van der Waals surface area (Å²) in [4.78, 5) is 37.5. The number of aryl methyl sites for hydroxylation is 1. The lowest BCUT2D eigenvalue weighted by Gasteiger charge is -2.30. The maximum Gasteiger partial charge on any atom is 0.409 e. The van der Waals surface area contributed by atoms with Crippen LogP contribution >= 0.6 is 0 Å². The monoisotopic (exact) mass is 361 g/mol. The number of likely N-dealkylation sites (tertiary alicyclic amines) is 1. The van der Waals surface area contributed by atoms with Gasteiger partial charge in [0.15, 0.2) is 0 Å². The van der Waals surface area contributed by atoms with Gasteiger partial charge < -0.3 is 20.3 Å². The molecule has 1 heterocycles. The molecule has 1 saturated heterocycles. The molecular weight excluding hydrogens is 334 g/mol. The highest BCUT2D eigenvalue weighted by molar-refractivity contribution is 5.95. The molecule has 0 aliphatic carbocycles. The lowest BCUT2D eigenvalue weighted by atomic mass is 9.96. The Morgan fingerprint density at radius 3 is 2.46 bits per heavy atom. The molecule has 1 aromatic rings. The normalized spacial score (nSPS) is 14.7. The molecule has 0 saturated carbocycles. The number of nitrogens with zero attached hydrogens (tertiary/aromatic N) is 1. The van der Waals surface area contributed by atoms with Crippen molar-refractivity contribution in [3.8, 4) is 0 Å². The first-order valence-corrected chi connectivity index (χ1v) is 9.07. The SMILES string of the molecule is CCOC(=O)N1CCC(C(=O)Nc2cc(NC(=O)CC)ccc2C)CC1. The number of ether oxygens (including phenoxy) is 1. The summed E-state index contributed by atoms with van der Waals surface area (Å²) in [6, 6.07) is 5.45. The Labute approximate surface area is 154 Å². The van der Waals surface area contributed by atoms with Crippen LogP contribution in [-0.2, 0) is 14.3 Å². The standard InChI is InChI=1S/C19H27N3O4/c1-4-17(23)20-15-7-6-13(3)16(12-15)21-18(24)14-8-10-22(11-9-14)19(25)26-5-2/h6-7,12,14H,4-5,8-11H2,1-3H3,(H,20,23)(H,21,24). The number of piperidine rings is 1. The van der Waals surface area contributed by atoms with Crippen LogP contribution in [-0.4, -0.2) is 42.5 Å². The Bertz CT molecular complexity index is 667. The van der Waals surface area contributed by atoms with Gasteiger partial charge in [-0.1, -0.05) is 13.0 Å². The number of nitrogens with one attached hydrogen (secondary N) is 2. The van der Waals surface area contributed by atoms with Crippen LogP contribution in [0.2, 0.25) is 0 Å². The van der Waals surface area contributed by atoms with Gasteiger partial charge in [-0.25, -0.2) is 4.79 Å². The van der Waals surface area contributed by atoms with Crippen LogP contribution in [0.5, 0.6) is 0 Å². The van der Waals surface area contributed by atoms with Crippen molar-refractivity contribution in [1.29, 1.82) is 0 Å². The zero-order valence-electron chi connectivity index (χ0n) is 15.6. The van der Waals surface area contributed by atoms with Crippen molar-refractivity contribution in [2.24, 2.45) is 5.92 Å². The molecule has 0 unspecified atom stereocenters. The van der Waals surface area contributed by atoms with E-state index in [1.54, 1.807) is 24.8 Å². The molecule has 0 atom stereocenters. The number of amides is 3. The van der Waals surface area contributed by atoms with Crippen molar-refractivity contribution in [2.45, 2.75) is 40.0 Å². The van der Waals surface area contributed by atoms with Crippen LogP contribution in [0.1, 0.15) is 38.7 Å². The van der Waals surface area contributed by atoms with Crippen molar-refractivity contribution in [2.75, 3.05) is 30.3 Å². The fraction of sp³-hybridized carbons (Fsp3) is 0.526. The molecule has 1 aliphatic rings. The first-order valence-electron chi connectivity index (χ1n) is 9.07. The second kappa shape index (κ2) is 9.22. The van der Waals surface area contributed by atoms with Gasteiger partial charge in [0.2, 0.25) is 11.8 Å². The number of anilines is 2. The third-order valence-electron chi connectivity index (χ3n) is 4.49. The van der Waals surface area contributed by atoms with Crippen molar-refractivity contribution in [3.63, 3.8) is 0 Å². The molecule has 7 nitrogen and oxygen atoms in total. The molecule has 2 N–H and O–H groups in total. The summed E-state index contributed by atoms with van der Waals surface area (Å²) in [7, 11) is 0. The molecule has 142 valence electrons. The van der Waals surface area contributed by atoms with Gasteiger partial charge >= 0.3 is 6.09 Å². The second-order valence-corrected chi connectivity index (χ2v) is 6.38. The van der Waals surface area contributed by atoms with E-state index in [-0.39, 0.29) is 23.8 Å². The summed E-state index contributed by atoms with van der Waals surface area (Å²) < 4.78 is 4.99. The minimum absolute atomic E-state index is 0.0597. The number of hydrogen-bond acceptors (Lipinski definition) is 4. The largest absolute Gasteiger partial charge is 0.450 e. The Kier molecular flexibility index (Phi) is 7.00. The van der Waals surface area contributed by atoms with Gasteiger partial charge in [0, 0.05) is 36.8 Å². The number of carbonyl (C=O) groups is 3. The molecule has 0 aromatic heterocycles. The predicted molar refractivity (Wildman–Crippen MR) is 100 cm³/mol. The van der Waals surface area contributed by atoms with Crippen LogP contribution in [0.15, 0.2) is 18.2 Å². The van der Waals surface area contributed by atoms with Gasteiger partial charge in [-0.2, -0.15) is 0 Å². The molecular formula is C19H27N3O4. The minimum atomic E-state index is -0.318. The molecule has 0 radical (unpaired) electrons. The Hall–Kier alpha value is -2.57. The molecule has 3 amide bonds. The topological polar surface area (TPSA) is 87.7 Å². The summed E-state index contributed by atoms with van der Waals surface area (Å²) in [5.74, 6) is -0.276. The molecule has 0 bridgehead atoms. The van der Waals surface area contributed by atoms with Gasteiger partial charge in [-0.05, 0) is 44.4 Å². The van der Waals surface area contributed by atoms with Gasteiger partial charge in [-0.15, -0.1) is 0 Å². The van der Waals surface area contributed by atoms with E-state index in [0.29, 0.717) is 50.3 Å². The third-order valence-corrected chi connectivity index (χ3v) is 4.49. The average molecular weight is 361 g/mol. The van der Waals surface area contributed by atoms with Crippen molar-refractivity contribution >= 4 is 29.3 Å². The summed E-state index contributed by atoms with van der Waals surface area (Å²) in [6.45, 7) is 6.85. The van der Waals surface area contributed by atoms with Gasteiger partial charge in [0.25, 0.3) is 0 Å². The highest BCUT2D eigenvalue weighted by Gasteiger charge is 2.28. The van der Waals surface area contributed by atoms with Gasteiger partial charge in [0.05, 0.1) is 6.61 Å². The van der Waals surface area contributed by atoms with Crippen LogP contribution in [0.25, 0.3) is 0 Å². The van der Waals surface area contributed by atoms with Crippen molar-refractivity contribution in [1.82, 2.24) is 4.90 Å². The molecule has 7 heteroatoms. The number of benzene rings is 1. The van der Waals surface area contributed by atoms with Gasteiger partial charge in [0.1, 0.15) is 0 Å². The molecule has 2 rings (SSSR count). The van der Waals surface area contributed by atoms with E-state index in [1.165, 1.54) is 0 Å². The molecule has 1 aromatic carbocycles. The second-order valence-electron chi connectivity index (χ2n) is 6.38. The number of hydrogen-bond donors (Lipinski definition) is 2. The van der Waals surface area contributed by atoms with E-state index in [9.17, 15) is 14.4 Å². The third kappa shape index (κ3) is 5.21. The van der Waals surface area contributed by atoms with Crippen LogP contribution in [0.3, 0.4) is 0 Å². The van der Waals surface area contributed by atoms with Crippen molar-refractivity contribution < 1.29 is 19.1 Å². The number of rotatable bonds is 5. The molecule has 26 heavy (non-hydrogen) atoms. The molecule has 1 fully saturated rings. The Morgan fingerprint density at radius 1 is 1.15 bits per heavy atom. The first-order chi connectivity index (χ1) is 12.4. The van der Waals surface area contributed by atoms with E-state index in [2.05, 4.69) is 10.6 Å². The predicted octanol–water partition coefficient (Wildman–Crippen LogP) is 3.15. The first kappa shape index (κ1) is 19.8. The molecule has 1 aliphatic heterocycles. The summed E-state index contributed by atoms with van der Waals surface area (Å²) in [5.41, 5.74) is 2.28. The highest BCUT2D eigenvalue weighted by atomic mass is 16.6. The van der Waals surface area contributed by atoms with E-state index in [4.69, 9.17) is 4.74 Å². The van der Waals surface area contributed by atoms with E-state index >= 15 is 0 Å². The fourth-order valence-electron chi connectivity index (χ4n) is 2.86. The zero-order valence-corrected chi connectivity index (χ0v) is 15.6. The molecule has 0 spiro atoms. The zero-order chi connectivity index (χ0) is 19.1. The van der Waals surface area contributed by atoms with E-state index in [0.717, 1.165) is 5.56 Å². The van der Waals surface area contributed by atoms with E-state index < -0.39 is 0 Å². The lowest BCUT2D eigenvalue weighted by Crippen LogP contribution is -2.41. The lowest BCUT2D eigenvalue weighted by molar-refractivity contribution is -0.121. The quantitative estimate of drug-likeness (QED) is 0.843. The van der Waals surface area contributed by atoms with Crippen LogP contribution < -0.4 is 10.6 Å². The van der Waals surface area contributed by atoms with Crippen LogP contribution in [0, 0.1) is 12.8 Å². The van der Waals surface area contributed by atoms with Crippen LogP contribution in [0.4, 0.5) is 16.2 Å². The highest BCUT2D eigenvalue weighted by Crippen LogP contribution is 2.24. The summed E-state index contributed by atoms with van der Waals surface area (Å²) >= 11 is 0. The fourth-order valence-corrected chi connectivity index (χ4v) is 2.86. The van der Waals surface area contributed by atoms with Crippen molar-refractivity contribution in [3.05, 3.63) is 23.8 Å². The minimum Gasteiger partial charge on any atom is -0.450 e. The van der Waals surface area contributed by atoms with E-state index in [1.807, 2.05) is 19.1 Å². The maximum atomic E-state index is 12.6. The Balaban J connectivity index is 1.94. The van der Waals surface area contributed by atoms with Gasteiger partial charge in [-0.3, -0.25) is 9.59 Å².